The average Bonchev–Trinajstić information content (AvgIpc) is 2.42. The van der Waals surface area contributed by atoms with Gasteiger partial charge in [0.15, 0.2) is 0 Å². The summed E-state index contributed by atoms with van der Waals surface area (Å²) in [4.78, 5) is 14.6. The van der Waals surface area contributed by atoms with E-state index in [0.717, 1.165) is 12.3 Å². The summed E-state index contributed by atoms with van der Waals surface area (Å²) < 4.78 is 13.2. The summed E-state index contributed by atoms with van der Waals surface area (Å²) in [6.45, 7) is 0. The molecule has 0 unspecified atom stereocenters. The molecule has 100 valence electrons. The SMILES string of the molecule is N#Cc1cc(Nc2ncc(C(=O)O)cc2Cl)ccc1F. The minimum Gasteiger partial charge on any atom is -0.478 e. The van der Waals surface area contributed by atoms with Crippen LogP contribution in [0.5, 0.6) is 0 Å². The fourth-order valence-corrected chi connectivity index (χ4v) is 1.69. The second-order valence-corrected chi connectivity index (χ2v) is 4.20. The third kappa shape index (κ3) is 2.84. The first-order chi connectivity index (χ1) is 9.51. The van der Waals surface area contributed by atoms with Crippen molar-refractivity contribution in [2.75, 3.05) is 5.32 Å². The van der Waals surface area contributed by atoms with Gasteiger partial charge in [0, 0.05) is 11.9 Å². The van der Waals surface area contributed by atoms with E-state index < -0.39 is 11.8 Å². The highest BCUT2D eigenvalue weighted by molar-refractivity contribution is 6.33. The second-order valence-electron chi connectivity index (χ2n) is 3.79. The van der Waals surface area contributed by atoms with Gasteiger partial charge < -0.3 is 10.4 Å². The van der Waals surface area contributed by atoms with Gasteiger partial charge in [-0.2, -0.15) is 5.26 Å². The van der Waals surface area contributed by atoms with Crippen LogP contribution in [0.15, 0.2) is 30.5 Å². The zero-order valence-corrected chi connectivity index (χ0v) is 10.6. The number of carboxylic acids is 1. The smallest absolute Gasteiger partial charge is 0.337 e. The Balaban J connectivity index is 2.31. The number of nitriles is 1. The van der Waals surface area contributed by atoms with Crippen molar-refractivity contribution in [3.63, 3.8) is 0 Å². The lowest BCUT2D eigenvalue weighted by molar-refractivity contribution is 0.0696. The summed E-state index contributed by atoms with van der Waals surface area (Å²) in [6, 6.07) is 6.82. The summed E-state index contributed by atoms with van der Waals surface area (Å²) in [5.41, 5.74) is 0.256. The Morgan fingerprint density at radius 3 is 2.80 bits per heavy atom. The monoisotopic (exact) mass is 291 g/mol. The maximum absolute atomic E-state index is 13.2. The molecule has 2 aromatic rings. The quantitative estimate of drug-likeness (QED) is 0.907. The summed E-state index contributed by atoms with van der Waals surface area (Å²) >= 11 is 5.90. The van der Waals surface area contributed by atoms with Crippen molar-refractivity contribution in [1.29, 1.82) is 5.26 Å². The van der Waals surface area contributed by atoms with Gasteiger partial charge >= 0.3 is 5.97 Å². The Kier molecular flexibility index (Phi) is 3.82. The minimum atomic E-state index is -1.14. The lowest BCUT2D eigenvalue weighted by atomic mass is 10.2. The number of carboxylic acid groups (broad SMARTS) is 1. The van der Waals surface area contributed by atoms with Crippen LogP contribution in [0.3, 0.4) is 0 Å². The van der Waals surface area contributed by atoms with Crippen LogP contribution in [0.4, 0.5) is 15.9 Å². The molecule has 0 saturated heterocycles. The van der Waals surface area contributed by atoms with Crippen LogP contribution in [0, 0.1) is 17.1 Å². The number of rotatable bonds is 3. The molecule has 0 aliphatic rings. The molecule has 5 nitrogen and oxygen atoms in total. The number of halogens is 2. The number of hydrogen-bond donors (Lipinski definition) is 2. The third-order valence-corrected chi connectivity index (χ3v) is 2.73. The predicted octanol–water partition coefficient (Wildman–Crippen LogP) is 3.19. The molecule has 2 N–H and O–H groups in total. The number of benzene rings is 1. The van der Waals surface area contributed by atoms with Gasteiger partial charge in [0.1, 0.15) is 17.7 Å². The molecule has 0 bridgehead atoms. The summed E-state index contributed by atoms with van der Waals surface area (Å²) in [5.74, 6) is -1.55. The Morgan fingerprint density at radius 2 is 2.20 bits per heavy atom. The van der Waals surface area contributed by atoms with E-state index in [1.165, 1.54) is 18.2 Å². The zero-order chi connectivity index (χ0) is 14.7. The number of carbonyl (C=O) groups is 1. The van der Waals surface area contributed by atoms with Crippen LogP contribution in [0.2, 0.25) is 5.02 Å². The van der Waals surface area contributed by atoms with E-state index in [2.05, 4.69) is 10.3 Å². The molecule has 0 radical (unpaired) electrons. The fourth-order valence-electron chi connectivity index (χ4n) is 1.47. The van der Waals surface area contributed by atoms with Crippen LogP contribution in [0.25, 0.3) is 0 Å². The highest BCUT2D eigenvalue weighted by Crippen LogP contribution is 2.25. The molecule has 0 amide bonds. The summed E-state index contributed by atoms with van der Waals surface area (Å²) in [7, 11) is 0. The zero-order valence-electron chi connectivity index (χ0n) is 9.89. The molecule has 1 aromatic carbocycles. The first kappa shape index (κ1) is 13.8. The van der Waals surface area contributed by atoms with Gasteiger partial charge in [-0.15, -0.1) is 0 Å². The molecule has 0 atom stereocenters. The second kappa shape index (κ2) is 5.55. The Hall–Kier alpha value is -2.65. The lowest BCUT2D eigenvalue weighted by Gasteiger charge is -2.08. The van der Waals surface area contributed by atoms with Crippen molar-refractivity contribution in [2.24, 2.45) is 0 Å². The number of anilines is 2. The standard InChI is InChI=1S/C13H7ClFN3O2/c14-10-4-8(13(19)20)6-17-12(10)18-9-1-2-11(15)7(3-9)5-16/h1-4,6H,(H,17,18)(H,19,20). The van der Waals surface area contributed by atoms with Crippen molar-refractivity contribution in [3.8, 4) is 6.07 Å². The van der Waals surface area contributed by atoms with Gasteiger partial charge in [-0.05, 0) is 24.3 Å². The summed E-state index contributed by atoms with van der Waals surface area (Å²) in [5, 5.41) is 20.4. The lowest BCUT2D eigenvalue weighted by Crippen LogP contribution is -2.01. The molecular formula is C13H7ClFN3O2. The van der Waals surface area contributed by atoms with Gasteiger partial charge in [-0.1, -0.05) is 11.6 Å². The van der Waals surface area contributed by atoms with Gasteiger partial charge in [0.2, 0.25) is 0 Å². The number of nitrogens with one attached hydrogen (secondary N) is 1. The molecule has 0 fully saturated rings. The molecule has 0 aliphatic carbocycles. The highest BCUT2D eigenvalue weighted by atomic mass is 35.5. The van der Waals surface area contributed by atoms with Crippen molar-refractivity contribution >= 4 is 29.1 Å². The number of nitrogens with zero attached hydrogens (tertiary/aromatic N) is 2. The van der Waals surface area contributed by atoms with Gasteiger partial charge in [0.25, 0.3) is 0 Å². The maximum Gasteiger partial charge on any atom is 0.337 e. The first-order valence-electron chi connectivity index (χ1n) is 5.37. The highest BCUT2D eigenvalue weighted by Gasteiger charge is 2.09. The van der Waals surface area contributed by atoms with Gasteiger partial charge in [0.05, 0.1) is 16.1 Å². The molecular weight excluding hydrogens is 285 g/mol. The molecule has 1 aromatic heterocycles. The van der Waals surface area contributed by atoms with Crippen LogP contribution in [-0.4, -0.2) is 16.1 Å². The Bertz CT molecular complexity index is 728. The van der Waals surface area contributed by atoms with E-state index in [0.29, 0.717) is 5.69 Å². The van der Waals surface area contributed by atoms with E-state index in [1.54, 1.807) is 6.07 Å². The molecule has 0 aliphatic heterocycles. The molecule has 0 spiro atoms. The molecule has 0 saturated carbocycles. The number of aromatic nitrogens is 1. The predicted molar refractivity (Wildman–Crippen MR) is 70.6 cm³/mol. The van der Waals surface area contributed by atoms with Crippen LogP contribution >= 0.6 is 11.6 Å². The average molecular weight is 292 g/mol. The summed E-state index contributed by atoms with van der Waals surface area (Å²) in [6.07, 6.45) is 1.14. The molecule has 7 heteroatoms. The largest absolute Gasteiger partial charge is 0.478 e. The topological polar surface area (TPSA) is 86.0 Å². The van der Waals surface area contributed by atoms with E-state index in [9.17, 15) is 9.18 Å². The van der Waals surface area contributed by atoms with Gasteiger partial charge in [-0.25, -0.2) is 14.2 Å². The van der Waals surface area contributed by atoms with Crippen molar-refractivity contribution in [1.82, 2.24) is 4.98 Å². The number of pyridine rings is 1. The van der Waals surface area contributed by atoms with E-state index in [-0.39, 0.29) is 22.0 Å². The fraction of sp³-hybridized carbons (Fsp3) is 0. The Labute approximate surface area is 118 Å². The first-order valence-corrected chi connectivity index (χ1v) is 5.74. The Morgan fingerprint density at radius 1 is 1.45 bits per heavy atom. The van der Waals surface area contributed by atoms with E-state index in [4.69, 9.17) is 22.0 Å². The van der Waals surface area contributed by atoms with Gasteiger partial charge in [-0.3, -0.25) is 0 Å². The number of hydrogen-bond acceptors (Lipinski definition) is 4. The van der Waals surface area contributed by atoms with Crippen molar-refractivity contribution in [3.05, 3.63) is 52.4 Å². The third-order valence-electron chi connectivity index (χ3n) is 2.44. The van der Waals surface area contributed by atoms with Crippen LogP contribution in [-0.2, 0) is 0 Å². The van der Waals surface area contributed by atoms with Crippen LogP contribution in [0.1, 0.15) is 15.9 Å². The van der Waals surface area contributed by atoms with E-state index in [1.807, 2.05) is 0 Å². The van der Waals surface area contributed by atoms with E-state index >= 15 is 0 Å². The molecule has 1 heterocycles. The number of aromatic carboxylic acids is 1. The molecule has 2 rings (SSSR count). The van der Waals surface area contributed by atoms with Crippen LogP contribution < -0.4 is 5.32 Å². The molecule has 20 heavy (non-hydrogen) atoms. The van der Waals surface area contributed by atoms with Crippen molar-refractivity contribution in [2.45, 2.75) is 0 Å². The van der Waals surface area contributed by atoms with Crippen molar-refractivity contribution < 1.29 is 14.3 Å². The maximum atomic E-state index is 13.2. The normalized spacial score (nSPS) is 9.85. The minimum absolute atomic E-state index is 0.0441.